The fourth-order valence-electron chi connectivity index (χ4n) is 6.01. The molecule has 1 aliphatic heterocycles. The van der Waals surface area contributed by atoms with Crippen LogP contribution in [0.1, 0.15) is 17.5 Å². The van der Waals surface area contributed by atoms with Crippen molar-refractivity contribution < 1.29 is 44.3 Å². The van der Waals surface area contributed by atoms with Gasteiger partial charge in [-0.1, -0.05) is 12.7 Å². The zero-order valence-electron chi connectivity index (χ0n) is 22.0. The van der Waals surface area contributed by atoms with Crippen LogP contribution in [0.2, 0.25) is 0 Å². The summed E-state index contributed by atoms with van der Waals surface area (Å²) in [7, 11) is 4.56. The highest BCUT2D eigenvalue weighted by molar-refractivity contribution is 6.24. The zero-order chi connectivity index (χ0) is 29.3. The van der Waals surface area contributed by atoms with Gasteiger partial charge < -0.3 is 35.6 Å². The highest BCUT2D eigenvalue weighted by Gasteiger charge is 2.65. The molecule has 208 valence electrons. The fourth-order valence-corrected chi connectivity index (χ4v) is 6.01. The first-order valence-electron chi connectivity index (χ1n) is 12.4. The molecule has 2 aromatic carbocycles. The molecule has 0 radical (unpaired) electrons. The van der Waals surface area contributed by atoms with Crippen molar-refractivity contribution in [3.63, 3.8) is 0 Å². The number of methoxy groups -OCH3 is 1. The number of hydrogen-bond acceptors (Lipinski definition) is 10. The topological polar surface area (TPSA) is 180 Å². The molecule has 2 aromatic rings. The number of primary amides is 1. The van der Waals surface area contributed by atoms with Crippen molar-refractivity contribution in [1.29, 1.82) is 0 Å². The van der Waals surface area contributed by atoms with Crippen molar-refractivity contribution >= 4 is 29.3 Å². The second-order valence-corrected chi connectivity index (χ2v) is 10.2. The van der Waals surface area contributed by atoms with E-state index in [1.807, 2.05) is 0 Å². The molecular weight excluding hydrogens is 520 g/mol. The number of rotatable bonds is 5. The summed E-state index contributed by atoms with van der Waals surface area (Å²) in [6, 6.07) is 6.90. The van der Waals surface area contributed by atoms with Gasteiger partial charge in [-0.15, -0.1) is 0 Å². The Labute approximate surface area is 229 Å². The molecule has 11 heteroatoms. The number of aliphatic hydroxyl groups is 3. The molecular formula is C29H28N2O9. The average molecular weight is 549 g/mol. The maximum Gasteiger partial charge on any atom is 0.255 e. The van der Waals surface area contributed by atoms with Crippen LogP contribution in [-0.2, 0) is 14.4 Å². The molecule has 0 aromatic heterocycles. The minimum Gasteiger partial charge on any atom is -0.508 e. The Morgan fingerprint density at radius 3 is 2.45 bits per heavy atom. The molecule has 0 saturated heterocycles. The number of Topliss-reactive ketones (excluding diaryl/α,β-unsaturated/α-hetero) is 2. The fraction of sp³-hybridized carbons (Fsp3) is 0.276. The van der Waals surface area contributed by atoms with Crippen LogP contribution in [0.3, 0.4) is 0 Å². The molecule has 0 bridgehead atoms. The molecule has 6 N–H and O–H groups in total. The molecule has 0 spiro atoms. The quantitative estimate of drug-likeness (QED) is 0.346. The number of likely N-dealkylation sites (N-methyl/N-ethyl adjacent to an activating group) is 1. The largest absolute Gasteiger partial charge is 0.508 e. The van der Waals surface area contributed by atoms with Crippen LogP contribution >= 0.6 is 0 Å². The van der Waals surface area contributed by atoms with Gasteiger partial charge in [0.2, 0.25) is 5.78 Å². The lowest BCUT2D eigenvalue weighted by Crippen LogP contribution is -2.66. The minimum absolute atomic E-state index is 0.0684. The van der Waals surface area contributed by atoms with E-state index in [0.717, 1.165) is 0 Å². The SMILES string of the molecule is C=Cc1cc(OC)ccc1-c1ccc(O)c2c1OC1CC3C(N(C)C)C(=O)C(C(N)=O)=C(O)C3(O)C(=O)C1=C2O. The van der Waals surface area contributed by atoms with Crippen LogP contribution in [0.4, 0.5) is 0 Å². The van der Waals surface area contributed by atoms with E-state index in [4.69, 9.17) is 15.2 Å². The van der Waals surface area contributed by atoms with Gasteiger partial charge in [-0.3, -0.25) is 19.3 Å². The van der Waals surface area contributed by atoms with Gasteiger partial charge in [0.05, 0.1) is 18.7 Å². The smallest absolute Gasteiger partial charge is 0.255 e. The summed E-state index contributed by atoms with van der Waals surface area (Å²) in [6.07, 6.45) is 0.221. The van der Waals surface area contributed by atoms with Gasteiger partial charge in [-0.2, -0.15) is 0 Å². The molecule has 1 heterocycles. The normalized spacial score (nSPS) is 25.7. The number of aliphatic hydroxyl groups excluding tert-OH is 2. The Morgan fingerprint density at radius 1 is 1.18 bits per heavy atom. The zero-order valence-corrected chi connectivity index (χ0v) is 22.0. The summed E-state index contributed by atoms with van der Waals surface area (Å²) < 4.78 is 11.6. The summed E-state index contributed by atoms with van der Waals surface area (Å²) in [6.45, 7) is 3.85. The molecule has 2 aliphatic carbocycles. The number of carbonyl (C=O) groups is 3. The van der Waals surface area contributed by atoms with Crippen LogP contribution in [0.25, 0.3) is 23.0 Å². The monoisotopic (exact) mass is 548 g/mol. The molecule has 1 amide bonds. The molecule has 1 saturated carbocycles. The number of ether oxygens (including phenoxy) is 2. The lowest BCUT2D eigenvalue weighted by atomic mass is 9.61. The number of hydrogen-bond donors (Lipinski definition) is 5. The highest BCUT2D eigenvalue weighted by atomic mass is 16.5. The number of amides is 1. The summed E-state index contributed by atoms with van der Waals surface area (Å²) in [4.78, 5) is 40.6. The number of aromatic hydroxyl groups is 1. The van der Waals surface area contributed by atoms with E-state index in [2.05, 4.69) is 6.58 Å². The Balaban J connectivity index is 1.74. The number of fused-ring (bicyclic) bond motifs is 3. The molecule has 5 rings (SSSR count). The second-order valence-electron chi connectivity index (χ2n) is 10.2. The first-order chi connectivity index (χ1) is 18.9. The first-order valence-corrected chi connectivity index (χ1v) is 12.4. The molecule has 3 aliphatic rings. The van der Waals surface area contributed by atoms with Gasteiger partial charge in [-0.05, 0) is 62.0 Å². The molecule has 1 fully saturated rings. The summed E-state index contributed by atoms with van der Waals surface area (Å²) >= 11 is 0. The van der Waals surface area contributed by atoms with E-state index < -0.39 is 69.6 Å². The number of phenols is 1. The molecule has 4 unspecified atom stereocenters. The van der Waals surface area contributed by atoms with E-state index in [1.54, 1.807) is 30.3 Å². The minimum atomic E-state index is -2.76. The summed E-state index contributed by atoms with van der Waals surface area (Å²) in [5.41, 5.74) is 2.85. The predicted octanol–water partition coefficient (Wildman–Crippen LogP) is 1.87. The van der Waals surface area contributed by atoms with E-state index in [9.17, 15) is 34.8 Å². The van der Waals surface area contributed by atoms with E-state index >= 15 is 0 Å². The maximum atomic E-state index is 13.9. The molecule has 11 nitrogen and oxygen atoms in total. The Kier molecular flexibility index (Phi) is 6.24. The number of phenolic OH excluding ortho intramolecular Hbond substituents is 1. The molecule has 4 atom stereocenters. The second kappa shape index (κ2) is 9.25. The van der Waals surface area contributed by atoms with Crippen molar-refractivity contribution in [3.8, 4) is 28.4 Å². The lowest BCUT2D eigenvalue weighted by molar-refractivity contribution is -0.155. The van der Waals surface area contributed by atoms with E-state index in [-0.39, 0.29) is 17.7 Å². The standard InChI is InChI=1S/C29H28N2O9/c1-5-12-10-13(39-4)6-7-14(12)15-8-9-17(32)19-23(33)20-18(40-25(15)19)11-16-22(31(2)3)24(34)21(28(30)37)27(36)29(16,38)26(20)35/h5-10,16,18,22,32-33,36,38H,1,11H2,2-4H3,(H2,30,37). The van der Waals surface area contributed by atoms with Crippen LogP contribution in [0.5, 0.6) is 17.2 Å². The number of nitrogens with zero attached hydrogens (tertiary/aromatic N) is 1. The summed E-state index contributed by atoms with van der Waals surface area (Å²) in [5, 5.41) is 44.7. The Hall–Kier alpha value is -4.61. The number of carbonyl (C=O) groups excluding carboxylic acids is 3. The van der Waals surface area contributed by atoms with Crippen molar-refractivity contribution in [2.24, 2.45) is 11.7 Å². The van der Waals surface area contributed by atoms with Gasteiger partial charge in [0, 0.05) is 11.5 Å². The van der Waals surface area contributed by atoms with Crippen molar-refractivity contribution in [1.82, 2.24) is 4.90 Å². The Morgan fingerprint density at radius 2 is 1.85 bits per heavy atom. The third-order valence-corrected chi connectivity index (χ3v) is 7.87. The van der Waals surface area contributed by atoms with Gasteiger partial charge in [0.1, 0.15) is 46.0 Å². The number of benzene rings is 2. The predicted molar refractivity (Wildman–Crippen MR) is 144 cm³/mol. The third kappa shape index (κ3) is 3.55. The number of ketones is 2. The van der Waals surface area contributed by atoms with Gasteiger partial charge in [0.15, 0.2) is 11.4 Å². The van der Waals surface area contributed by atoms with Gasteiger partial charge >= 0.3 is 0 Å². The van der Waals surface area contributed by atoms with Crippen LogP contribution in [-0.4, -0.2) is 81.8 Å². The lowest BCUT2D eigenvalue weighted by Gasteiger charge is -2.50. The summed E-state index contributed by atoms with van der Waals surface area (Å²) in [5.74, 6) is -6.18. The van der Waals surface area contributed by atoms with E-state index in [1.165, 1.54) is 32.2 Å². The maximum absolute atomic E-state index is 13.9. The van der Waals surface area contributed by atoms with E-state index in [0.29, 0.717) is 22.4 Å². The van der Waals surface area contributed by atoms with Crippen LogP contribution in [0.15, 0.2) is 53.8 Å². The molecule has 40 heavy (non-hydrogen) atoms. The van der Waals surface area contributed by atoms with Crippen molar-refractivity contribution in [2.75, 3.05) is 21.2 Å². The Bertz CT molecular complexity index is 1570. The average Bonchev–Trinajstić information content (AvgIpc) is 2.90. The van der Waals surface area contributed by atoms with Gasteiger partial charge in [0.25, 0.3) is 5.91 Å². The van der Waals surface area contributed by atoms with Crippen molar-refractivity contribution in [2.45, 2.75) is 24.2 Å². The third-order valence-electron chi connectivity index (χ3n) is 7.87. The highest BCUT2D eigenvalue weighted by Crippen LogP contribution is 2.53. The number of nitrogens with two attached hydrogens (primary N) is 1. The van der Waals surface area contributed by atoms with Gasteiger partial charge in [-0.25, -0.2) is 0 Å². The van der Waals surface area contributed by atoms with Crippen molar-refractivity contribution in [3.05, 3.63) is 64.9 Å². The van der Waals surface area contributed by atoms with Crippen LogP contribution in [0, 0.1) is 5.92 Å². The van der Waals surface area contributed by atoms with Crippen LogP contribution < -0.4 is 15.2 Å². The first kappa shape index (κ1) is 27.0.